The van der Waals surface area contributed by atoms with Gasteiger partial charge in [-0.1, -0.05) is 15.9 Å². The van der Waals surface area contributed by atoms with E-state index < -0.39 is 10.0 Å². The molecule has 0 bridgehead atoms. The molecule has 0 unspecified atom stereocenters. The van der Waals surface area contributed by atoms with Crippen molar-refractivity contribution in [1.29, 1.82) is 0 Å². The molecule has 0 fully saturated rings. The molecular formula is C9H12Br2N2O2S. The number of hydrogen-bond donors (Lipinski definition) is 2. The lowest BCUT2D eigenvalue weighted by Gasteiger charge is -2.08. The standard InChI is InChI=1S/C9H12Br2N2O2S/c10-7-2-3-9(8(11)6-7)16(14,15)13-5-1-4-12/h2-3,6,13H,1,4-5,12H2. The molecule has 0 atom stereocenters. The van der Waals surface area contributed by atoms with Gasteiger partial charge in [-0.2, -0.15) is 0 Å². The molecule has 0 aliphatic heterocycles. The number of sulfonamides is 1. The van der Waals surface area contributed by atoms with E-state index in [2.05, 4.69) is 36.6 Å². The van der Waals surface area contributed by atoms with Gasteiger partial charge in [-0.05, 0) is 47.1 Å². The zero-order chi connectivity index (χ0) is 12.2. The Labute approximate surface area is 112 Å². The summed E-state index contributed by atoms with van der Waals surface area (Å²) in [4.78, 5) is 0.229. The lowest BCUT2D eigenvalue weighted by Crippen LogP contribution is -2.26. The topological polar surface area (TPSA) is 72.2 Å². The van der Waals surface area contributed by atoms with Crippen LogP contribution in [0.25, 0.3) is 0 Å². The molecule has 0 aliphatic rings. The molecule has 1 aromatic rings. The van der Waals surface area contributed by atoms with E-state index in [0.29, 0.717) is 24.0 Å². The van der Waals surface area contributed by atoms with Gasteiger partial charge in [0.05, 0.1) is 4.90 Å². The highest BCUT2D eigenvalue weighted by molar-refractivity contribution is 9.11. The second-order valence-corrected chi connectivity index (χ2v) is 6.62. The van der Waals surface area contributed by atoms with Crippen molar-refractivity contribution in [2.45, 2.75) is 11.3 Å². The summed E-state index contributed by atoms with van der Waals surface area (Å²) in [5.41, 5.74) is 5.30. The summed E-state index contributed by atoms with van der Waals surface area (Å²) in [6.07, 6.45) is 0.618. The van der Waals surface area contributed by atoms with E-state index in [1.54, 1.807) is 18.2 Å². The second-order valence-electron chi connectivity index (χ2n) is 3.11. The van der Waals surface area contributed by atoms with Crippen molar-refractivity contribution in [2.75, 3.05) is 13.1 Å². The van der Waals surface area contributed by atoms with Crippen LogP contribution in [0.5, 0.6) is 0 Å². The van der Waals surface area contributed by atoms with Crippen LogP contribution in [-0.4, -0.2) is 21.5 Å². The van der Waals surface area contributed by atoms with Gasteiger partial charge in [0, 0.05) is 15.5 Å². The summed E-state index contributed by atoms with van der Waals surface area (Å²) < 4.78 is 27.5. The van der Waals surface area contributed by atoms with Crippen LogP contribution in [0.15, 0.2) is 32.0 Å². The maximum atomic E-state index is 11.8. The fraction of sp³-hybridized carbons (Fsp3) is 0.333. The maximum Gasteiger partial charge on any atom is 0.241 e. The highest BCUT2D eigenvalue weighted by Gasteiger charge is 2.16. The maximum absolute atomic E-state index is 11.8. The predicted octanol–water partition coefficient (Wildman–Crippen LogP) is 1.84. The van der Waals surface area contributed by atoms with Crippen LogP contribution in [0.1, 0.15) is 6.42 Å². The average molecular weight is 372 g/mol. The van der Waals surface area contributed by atoms with Gasteiger partial charge in [0.2, 0.25) is 10.0 Å². The third-order valence-electron chi connectivity index (χ3n) is 1.86. The first kappa shape index (κ1) is 14.1. The van der Waals surface area contributed by atoms with E-state index in [0.717, 1.165) is 4.47 Å². The summed E-state index contributed by atoms with van der Waals surface area (Å²) in [5, 5.41) is 0. The van der Waals surface area contributed by atoms with Crippen LogP contribution < -0.4 is 10.5 Å². The highest BCUT2D eigenvalue weighted by atomic mass is 79.9. The summed E-state index contributed by atoms with van der Waals surface area (Å²) in [7, 11) is -3.45. The average Bonchev–Trinajstić information content (AvgIpc) is 2.17. The van der Waals surface area contributed by atoms with Crippen LogP contribution >= 0.6 is 31.9 Å². The van der Waals surface area contributed by atoms with Crippen molar-refractivity contribution < 1.29 is 8.42 Å². The normalized spacial score (nSPS) is 11.7. The van der Waals surface area contributed by atoms with Gasteiger partial charge < -0.3 is 5.73 Å². The highest BCUT2D eigenvalue weighted by Crippen LogP contribution is 2.25. The van der Waals surface area contributed by atoms with E-state index in [-0.39, 0.29) is 4.90 Å². The van der Waals surface area contributed by atoms with Crippen molar-refractivity contribution in [3.63, 3.8) is 0 Å². The SMILES string of the molecule is NCCCNS(=O)(=O)c1ccc(Br)cc1Br. The molecule has 4 nitrogen and oxygen atoms in total. The minimum atomic E-state index is -3.45. The Morgan fingerprint density at radius 3 is 2.56 bits per heavy atom. The molecule has 3 N–H and O–H groups in total. The summed E-state index contributed by atoms with van der Waals surface area (Å²) in [6.45, 7) is 0.811. The molecule has 0 spiro atoms. The van der Waals surface area contributed by atoms with Crippen molar-refractivity contribution >= 4 is 41.9 Å². The van der Waals surface area contributed by atoms with E-state index in [4.69, 9.17) is 5.73 Å². The Hall–Kier alpha value is 0.0500. The van der Waals surface area contributed by atoms with Gasteiger partial charge in [0.15, 0.2) is 0 Å². The Bertz CT molecular complexity index is 463. The van der Waals surface area contributed by atoms with E-state index >= 15 is 0 Å². The third-order valence-corrected chi connectivity index (χ3v) is 4.79. The molecule has 7 heteroatoms. The quantitative estimate of drug-likeness (QED) is 0.775. The first-order chi connectivity index (χ1) is 7.47. The molecule has 0 heterocycles. The second kappa shape index (κ2) is 6.11. The number of halogens is 2. The minimum absolute atomic E-state index is 0.229. The van der Waals surface area contributed by atoms with Crippen LogP contribution in [-0.2, 0) is 10.0 Å². The molecule has 1 rings (SSSR count). The number of rotatable bonds is 5. The largest absolute Gasteiger partial charge is 0.330 e. The molecule has 0 saturated carbocycles. The van der Waals surface area contributed by atoms with Gasteiger partial charge in [0.25, 0.3) is 0 Å². The van der Waals surface area contributed by atoms with Gasteiger partial charge in [0.1, 0.15) is 0 Å². The molecule has 16 heavy (non-hydrogen) atoms. The molecule has 0 radical (unpaired) electrons. The Balaban J connectivity index is 2.90. The van der Waals surface area contributed by atoms with Gasteiger partial charge in [-0.15, -0.1) is 0 Å². The summed E-state index contributed by atoms with van der Waals surface area (Å²) >= 11 is 6.48. The Kier molecular flexibility index (Phi) is 5.39. The minimum Gasteiger partial charge on any atom is -0.330 e. The first-order valence-corrected chi connectivity index (χ1v) is 7.69. The number of nitrogens with two attached hydrogens (primary N) is 1. The number of benzene rings is 1. The third kappa shape index (κ3) is 3.81. The van der Waals surface area contributed by atoms with E-state index in [1.807, 2.05) is 0 Å². The molecule has 1 aromatic carbocycles. The Morgan fingerprint density at radius 2 is 2.00 bits per heavy atom. The van der Waals surface area contributed by atoms with Crippen LogP contribution in [0.2, 0.25) is 0 Å². The first-order valence-electron chi connectivity index (χ1n) is 4.62. The zero-order valence-corrected chi connectivity index (χ0v) is 12.4. The number of hydrogen-bond acceptors (Lipinski definition) is 3. The van der Waals surface area contributed by atoms with Crippen molar-refractivity contribution in [2.24, 2.45) is 5.73 Å². The molecule has 0 saturated heterocycles. The molecular weight excluding hydrogens is 360 g/mol. The Morgan fingerprint density at radius 1 is 1.31 bits per heavy atom. The van der Waals surface area contributed by atoms with Crippen molar-refractivity contribution in [3.8, 4) is 0 Å². The molecule has 90 valence electrons. The zero-order valence-electron chi connectivity index (χ0n) is 8.41. The van der Waals surface area contributed by atoms with Gasteiger partial charge >= 0.3 is 0 Å². The van der Waals surface area contributed by atoms with E-state index in [1.165, 1.54) is 0 Å². The van der Waals surface area contributed by atoms with Crippen molar-refractivity contribution in [3.05, 3.63) is 27.1 Å². The van der Waals surface area contributed by atoms with Gasteiger partial charge in [-0.25, -0.2) is 13.1 Å². The number of nitrogens with one attached hydrogen (secondary N) is 1. The lowest BCUT2D eigenvalue weighted by atomic mass is 10.4. The van der Waals surface area contributed by atoms with E-state index in [9.17, 15) is 8.42 Å². The van der Waals surface area contributed by atoms with Crippen LogP contribution in [0.3, 0.4) is 0 Å². The van der Waals surface area contributed by atoms with Crippen LogP contribution in [0, 0.1) is 0 Å². The molecule has 0 aliphatic carbocycles. The fourth-order valence-corrected chi connectivity index (χ4v) is 3.90. The predicted molar refractivity (Wildman–Crippen MR) is 70.7 cm³/mol. The lowest BCUT2D eigenvalue weighted by molar-refractivity contribution is 0.579. The fourth-order valence-electron chi connectivity index (χ4n) is 1.08. The van der Waals surface area contributed by atoms with Gasteiger partial charge in [-0.3, -0.25) is 0 Å². The summed E-state index contributed by atoms with van der Waals surface area (Å²) in [6, 6.07) is 4.92. The van der Waals surface area contributed by atoms with Crippen LogP contribution in [0.4, 0.5) is 0 Å². The summed E-state index contributed by atoms with van der Waals surface area (Å²) in [5.74, 6) is 0. The van der Waals surface area contributed by atoms with Crippen molar-refractivity contribution in [1.82, 2.24) is 4.72 Å². The molecule has 0 amide bonds. The smallest absolute Gasteiger partial charge is 0.241 e. The monoisotopic (exact) mass is 370 g/mol. The molecule has 0 aromatic heterocycles.